The molecular formula is C14H17ClFNO3. The van der Waals surface area contributed by atoms with Gasteiger partial charge >= 0.3 is 0 Å². The lowest BCUT2D eigenvalue weighted by molar-refractivity contribution is -0.00124. The first-order valence-corrected chi connectivity index (χ1v) is 6.99. The highest BCUT2D eigenvalue weighted by Gasteiger charge is 2.30. The number of carbonyl (C=O) groups is 1. The molecule has 1 amide bonds. The van der Waals surface area contributed by atoms with Crippen LogP contribution in [-0.2, 0) is 0 Å². The number of hydrogen-bond donors (Lipinski definition) is 3. The summed E-state index contributed by atoms with van der Waals surface area (Å²) in [7, 11) is 0. The van der Waals surface area contributed by atoms with Crippen LogP contribution in [0.1, 0.15) is 36.0 Å². The summed E-state index contributed by atoms with van der Waals surface area (Å²) < 4.78 is 13.1. The smallest absolute Gasteiger partial charge is 0.251 e. The van der Waals surface area contributed by atoms with E-state index in [1.165, 1.54) is 12.1 Å². The molecule has 0 spiro atoms. The van der Waals surface area contributed by atoms with Gasteiger partial charge in [0.15, 0.2) is 0 Å². The van der Waals surface area contributed by atoms with Crippen LogP contribution < -0.4 is 5.32 Å². The van der Waals surface area contributed by atoms with Gasteiger partial charge in [0.1, 0.15) is 5.82 Å². The Balaban J connectivity index is 2.07. The van der Waals surface area contributed by atoms with Crippen molar-refractivity contribution in [3.05, 3.63) is 34.6 Å². The monoisotopic (exact) mass is 301 g/mol. The molecule has 0 heterocycles. The molecule has 0 saturated heterocycles. The number of aliphatic hydroxyl groups excluding tert-OH is 2. The van der Waals surface area contributed by atoms with E-state index in [2.05, 4.69) is 5.32 Å². The van der Waals surface area contributed by atoms with Gasteiger partial charge < -0.3 is 15.5 Å². The number of halogens is 2. The fraction of sp³-hybridized carbons (Fsp3) is 0.500. The van der Waals surface area contributed by atoms with Crippen LogP contribution in [0.15, 0.2) is 18.2 Å². The highest BCUT2D eigenvalue weighted by Crippen LogP contribution is 2.20. The molecule has 3 N–H and O–H groups in total. The standard InChI is InChI=1S/C14H17ClFNO3/c15-9-7-8(5-6-10(9)16)14(20)17-11-3-1-2-4-12(18)13(11)19/h5-7,11-13,18-19H,1-4H2,(H,17,20)/t11-,12-,13-/m1/s1. The Morgan fingerprint density at radius 3 is 2.70 bits per heavy atom. The Morgan fingerprint density at radius 2 is 2.00 bits per heavy atom. The molecule has 6 heteroatoms. The van der Waals surface area contributed by atoms with Crippen molar-refractivity contribution in [3.8, 4) is 0 Å². The molecule has 4 nitrogen and oxygen atoms in total. The predicted octanol–water partition coefficient (Wildman–Crippen LogP) is 1.87. The number of rotatable bonds is 2. The Kier molecular flexibility index (Phi) is 4.96. The van der Waals surface area contributed by atoms with Gasteiger partial charge in [0, 0.05) is 5.56 Å². The van der Waals surface area contributed by atoms with E-state index < -0.39 is 30.0 Å². The van der Waals surface area contributed by atoms with Crippen molar-refractivity contribution in [3.63, 3.8) is 0 Å². The average Bonchev–Trinajstić information content (AvgIpc) is 2.57. The predicted molar refractivity (Wildman–Crippen MR) is 73.1 cm³/mol. The zero-order valence-electron chi connectivity index (χ0n) is 10.9. The molecule has 110 valence electrons. The Labute approximate surface area is 121 Å². The number of hydrogen-bond acceptors (Lipinski definition) is 3. The molecular weight excluding hydrogens is 285 g/mol. The lowest BCUT2D eigenvalue weighted by Crippen LogP contribution is -2.47. The Hall–Kier alpha value is -1.17. The summed E-state index contributed by atoms with van der Waals surface area (Å²) in [4.78, 5) is 12.1. The fourth-order valence-electron chi connectivity index (χ4n) is 2.37. The van der Waals surface area contributed by atoms with Gasteiger partial charge in [-0.15, -0.1) is 0 Å². The number of benzene rings is 1. The second-order valence-corrected chi connectivity index (χ2v) is 5.46. The normalized spacial score (nSPS) is 26.9. The number of nitrogens with one attached hydrogen (secondary N) is 1. The van der Waals surface area contributed by atoms with E-state index in [0.717, 1.165) is 18.9 Å². The van der Waals surface area contributed by atoms with Crippen LogP contribution in [0.4, 0.5) is 4.39 Å². The van der Waals surface area contributed by atoms with E-state index in [1.807, 2.05) is 0 Å². The molecule has 0 radical (unpaired) electrons. The molecule has 1 aromatic rings. The van der Waals surface area contributed by atoms with Crippen molar-refractivity contribution in [2.24, 2.45) is 0 Å². The minimum absolute atomic E-state index is 0.126. The third kappa shape index (κ3) is 3.48. The van der Waals surface area contributed by atoms with Gasteiger partial charge in [0.05, 0.1) is 23.3 Å². The largest absolute Gasteiger partial charge is 0.390 e. The van der Waals surface area contributed by atoms with E-state index in [-0.39, 0.29) is 10.6 Å². The van der Waals surface area contributed by atoms with Crippen LogP contribution in [0.25, 0.3) is 0 Å². The first kappa shape index (κ1) is 15.2. The molecule has 2 rings (SSSR count). The average molecular weight is 302 g/mol. The van der Waals surface area contributed by atoms with Gasteiger partial charge in [-0.3, -0.25) is 4.79 Å². The lowest BCUT2D eigenvalue weighted by atomic mass is 10.0. The third-order valence-corrected chi connectivity index (χ3v) is 3.86. The van der Waals surface area contributed by atoms with Crippen LogP contribution in [0.2, 0.25) is 5.02 Å². The van der Waals surface area contributed by atoms with Crippen LogP contribution in [0, 0.1) is 5.82 Å². The number of amides is 1. The summed E-state index contributed by atoms with van der Waals surface area (Å²) in [6, 6.07) is 3.18. The van der Waals surface area contributed by atoms with E-state index in [0.29, 0.717) is 12.8 Å². The maximum absolute atomic E-state index is 13.1. The molecule has 1 saturated carbocycles. The molecule has 1 aromatic carbocycles. The molecule has 3 atom stereocenters. The van der Waals surface area contributed by atoms with Crippen molar-refractivity contribution in [2.75, 3.05) is 0 Å². The van der Waals surface area contributed by atoms with E-state index in [9.17, 15) is 19.4 Å². The van der Waals surface area contributed by atoms with Crippen molar-refractivity contribution < 1.29 is 19.4 Å². The lowest BCUT2D eigenvalue weighted by Gasteiger charge is -2.24. The first-order valence-electron chi connectivity index (χ1n) is 6.61. The van der Waals surface area contributed by atoms with Gasteiger partial charge in [-0.25, -0.2) is 4.39 Å². The van der Waals surface area contributed by atoms with Crippen molar-refractivity contribution >= 4 is 17.5 Å². The van der Waals surface area contributed by atoms with Crippen LogP contribution in [0.5, 0.6) is 0 Å². The van der Waals surface area contributed by atoms with Gasteiger partial charge in [-0.2, -0.15) is 0 Å². The summed E-state index contributed by atoms with van der Waals surface area (Å²) in [6.07, 6.45) is 0.933. The van der Waals surface area contributed by atoms with Crippen molar-refractivity contribution in [1.82, 2.24) is 5.32 Å². The van der Waals surface area contributed by atoms with Gasteiger partial charge in [-0.05, 0) is 31.0 Å². The molecule has 20 heavy (non-hydrogen) atoms. The van der Waals surface area contributed by atoms with Gasteiger partial charge in [-0.1, -0.05) is 24.4 Å². The van der Waals surface area contributed by atoms with Gasteiger partial charge in [0.2, 0.25) is 0 Å². The summed E-state index contributed by atoms with van der Waals surface area (Å²) in [5.74, 6) is -1.03. The maximum atomic E-state index is 13.1. The Morgan fingerprint density at radius 1 is 1.30 bits per heavy atom. The topological polar surface area (TPSA) is 69.6 Å². The molecule has 0 bridgehead atoms. The highest BCUT2D eigenvalue weighted by atomic mass is 35.5. The second kappa shape index (κ2) is 6.52. The SMILES string of the molecule is O=C(N[C@@H]1CCCC[C@@H](O)[C@@H]1O)c1ccc(F)c(Cl)c1. The van der Waals surface area contributed by atoms with E-state index in [4.69, 9.17) is 11.6 Å². The Bertz CT molecular complexity index is 497. The van der Waals surface area contributed by atoms with Crippen molar-refractivity contribution in [1.29, 1.82) is 0 Å². The second-order valence-electron chi connectivity index (χ2n) is 5.05. The fourth-order valence-corrected chi connectivity index (χ4v) is 2.55. The summed E-state index contributed by atoms with van der Waals surface area (Å²) in [5.41, 5.74) is 0.224. The molecule has 1 aliphatic rings. The molecule has 0 aromatic heterocycles. The quantitative estimate of drug-likeness (QED) is 0.731. The first-order chi connectivity index (χ1) is 9.49. The van der Waals surface area contributed by atoms with Crippen LogP contribution in [-0.4, -0.2) is 34.4 Å². The third-order valence-electron chi connectivity index (χ3n) is 3.57. The van der Waals surface area contributed by atoms with Crippen molar-refractivity contribution in [2.45, 2.75) is 43.9 Å². The minimum Gasteiger partial charge on any atom is -0.390 e. The number of aliphatic hydroxyl groups is 2. The zero-order chi connectivity index (χ0) is 14.7. The minimum atomic E-state index is -0.989. The molecule has 0 unspecified atom stereocenters. The molecule has 1 aliphatic carbocycles. The number of carbonyl (C=O) groups excluding carboxylic acids is 1. The molecule has 1 fully saturated rings. The summed E-state index contributed by atoms with van der Waals surface area (Å²) in [6.45, 7) is 0. The summed E-state index contributed by atoms with van der Waals surface area (Å²) >= 11 is 5.63. The van der Waals surface area contributed by atoms with Crippen LogP contribution >= 0.6 is 11.6 Å². The zero-order valence-corrected chi connectivity index (χ0v) is 11.6. The maximum Gasteiger partial charge on any atom is 0.251 e. The highest BCUT2D eigenvalue weighted by molar-refractivity contribution is 6.31. The van der Waals surface area contributed by atoms with E-state index in [1.54, 1.807) is 0 Å². The van der Waals surface area contributed by atoms with E-state index >= 15 is 0 Å². The molecule has 0 aliphatic heterocycles. The summed E-state index contributed by atoms with van der Waals surface area (Å²) in [5, 5.41) is 22.2. The van der Waals surface area contributed by atoms with Crippen LogP contribution in [0.3, 0.4) is 0 Å². The van der Waals surface area contributed by atoms with Gasteiger partial charge in [0.25, 0.3) is 5.91 Å².